The van der Waals surface area contributed by atoms with E-state index in [1.54, 1.807) is 25.6 Å². The average molecular weight is 375 g/mol. The maximum absolute atomic E-state index is 12.8. The largest absolute Gasteiger partial charge is 0.497 e. The van der Waals surface area contributed by atoms with Gasteiger partial charge in [-0.15, -0.1) is 11.3 Å². The van der Waals surface area contributed by atoms with Crippen LogP contribution in [0.3, 0.4) is 0 Å². The molecule has 0 bridgehead atoms. The molecule has 0 N–H and O–H groups in total. The van der Waals surface area contributed by atoms with E-state index < -0.39 is 0 Å². The Morgan fingerprint density at radius 1 is 1.08 bits per heavy atom. The Bertz CT molecular complexity index is 779. The first-order chi connectivity index (χ1) is 12.5. The van der Waals surface area contributed by atoms with Gasteiger partial charge in [0.2, 0.25) is 0 Å². The first-order valence-electron chi connectivity index (χ1n) is 8.81. The van der Waals surface area contributed by atoms with E-state index in [0.717, 1.165) is 60.2 Å². The SMILES string of the molecule is COc1ccc(OC)c(CN2CCN(C(=O)c3cc(C)sc3C)CC2)c1. The van der Waals surface area contributed by atoms with Gasteiger partial charge in [0.05, 0.1) is 19.8 Å². The van der Waals surface area contributed by atoms with Crippen LogP contribution in [0.4, 0.5) is 0 Å². The summed E-state index contributed by atoms with van der Waals surface area (Å²) in [5.74, 6) is 1.86. The lowest BCUT2D eigenvalue weighted by molar-refractivity contribution is 0.0627. The van der Waals surface area contributed by atoms with E-state index in [4.69, 9.17) is 9.47 Å². The van der Waals surface area contributed by atoms with Gasteiger partial charge >= 0.3 is 0 Å². The van der Waals surface area contributed by atoms with Gasteiger partial charge in [-0.25, -0.2) is 0 Å². The second-order valence-electron chi connectivity index (χ2n) is 6.57. The van der Waals surface area contributed by atoms with E-state index in [1.165, 1.54) is 4.88 Å². The Morgan fingerprint density at radius 3 is 2.38 bits per heavy atom. The highest BCUT2D eigenvalue weighted by molar-refractivity contribution is 7.12. The standard InChI is InChI=1S/C20H26N2O3S/c1-14-11-18(15(2)26-14)20(23)22-9-7-21(8-10-22)13-16-12-17(24-3)5-6-19(16)25-4/h5-6,11-12H,7-10,13H2,1-4H3. The molecule has 0 saturated carbocycles. The molecule has 2 heterocycles. The number of piperazine rings is 1. The molecule has 1 fully saturated rings. The molecule has 6 heteroatoms. The molecule has 1 aliphatic heterocycles. The Hall–Kier alpha value is -2.05. The van der Waals surface area contributed by atoms with Crippen molar-refractivity contribution in [2.75, 3.05) is 40.4 Å². The Morgan fingerprint density at radius 2 is 1.81 bits per heavy atom. The number of benzene rings is 1. The number of hydrogen-bond donors (Lipinski definition) is 0. The number of amides is 1. The van der Waals surface area contributed by atoms with Crippen molar-refractivity contribution in [3.8, 4) is 11.5 Å². The second-order valence-corrected chi connectivity index (χ2v) is 8.03. The highest BCUT2D eigenvalue weighted by Crippen LogP contribution is 2.26. The number of methoxy groups -OCH3 is 2. The number of aryl methyl sites for hydroxylation is 2. The van der Waals surface area contributed by atoms with Gasteiger partial charge in [-0.05, 0) is 38.1 Å². The zero-order valence-corrected chi connectivity index (χ0v) is 16.7. The van der Waals surface area contributed by atoms with Crippen LogP contribution in [0.15, 0.2) is 24.3 Å². The van der Waals surface area contributed by atoms with E-state index in [1.807, 2.05) is 43.0 Å². The molecule has 0 aliphatic carbocycles. The lowest BCUT2D eigenvalue weighted by Gasteiger charge is -2.35. The zero-order chi connectivity index (χ0) is 18.7. The van der Waals surface area contributed by atoms with Crippen LogP contribution in [0.1, 0.15) is 25.7 Å². The summed E-state index contributed by atoms with van der Waals surface area (Å²) < 4.78 is 10.8. The second kappa shape index (κ2) is 8.10. The molecule has 1 saturated heterocycles. The van der Waals surface area contributed by atoms with Gasteiger partial charge in [-0.1, -0.05) is 0 Å². The third-order valence-corrected chi connectivity index (χ3v) is 5.78. The van der Waals surface area contributed by atoms with Gasteiger partial charge in [0.1, 0.15) is 11.5 Å². The molecule has 2 aromatic rings. The molecule has 140 valence electrons. The smallest absolute Gasteiger partial charge is 0.255 e. The minimum absolute atomic E-state index is 0.158. The topological polar surface area (TPSA) is 42.0 Å². The van der Waals surface area contributed by atoms with Crippen molar-refractivity contribution >= 4 is 17.2 Å². The fourth-order valence-electron chi connectivity index (χ4n) is 3.37. The maximum Gasteiger partial charge on any atom is 0.255 e. The first-order valence-corrected chi connectivity index (χ1v) is 9.63. The van der Waals surface area contributed by atoms with Crippen molar-refractivity contribution in [2.24, 2.45) is 0 Å². The third-order valence-electron chi connectivity index (χ3n) is 4.81. The van der Waals surface area contributed by atoms with Crippen molar-refractivity contribution in [3.05, 3.63) is 45.1 Å². The van der Waals surface area contributed by atoms with E-state index in [0.29, 0.717) is 0 Å². The minimum Gasteiger partial charge on any atom is -0.497 e. The Balaban J connectivity index is 1.62. The quantitative estimate of drug-likeness (QED) is 0.805. The van der Waals surface area contributed by atoms with Crippen LogP contribution in [0.2, 0.25) is 0 Å². The van der Waals surface area contributed by atoms with E-state index in [9.17, 15) is 4.79 Å². The molecule has 5 nitrogen and oxygen atoms in total. The molecule has 1 aromatic heterocycles. The average Bonchev–Trinajstić information content (AvgIpc) is 2.99. The highest BCUT2D eigenvalue weighted by atomic mass is 32.1. The predicted octanol–water partition coefficient (Wildman–Crippen LogP) is 3.34. The van der Waals surface area contributed by atoms with Crippen molar-refractivity contribution in [2.45, 2.75) is 20.4 Å². The fraction of sp³-hybridized carbons (Fsp3) is 0.450. The zero-order valence-electron chi connectivity index (χ0n) is 15.9. The van der Waals surface area contributed by atoms with Crippen LogP contribution < -0.4 is 9.47 Å². The lowest BCUT2D eigenvalue weighted by atomic mass is 10.1. The van der Waals surface area contributed by atoms with E-state index in [2.05, 4.69) is 4.90 Å². The molecule has 26 heavy (non-hydrogen) atoms. The molecular formula is C20H26N2O3S. The fourth-order valence-corrected chi connectivity index (χ4v) is 4.28. The third kappa shape index (κ3) is 4.02. The summed E-state index contributed by atoms with van der Waals surface area (Å²) in [6.07, 6.45) is 0. The lowest BCUT2D eigenvalue weighted by Crippen LogP contribution is -2.48. The molecule has 1 amide bonds. The van der Waals surface area contributed by atoms with Gasteiger partial charge in [-0.2, -0.15) is 0 Å². The van der Waals surface area contributed by atoms with Crippen LogP contribution in [-0.2, 0) is 6.54 Å². The molecular weight excluding hydrogens is 348 g/mol. The van der Waals surface area contributed by atoms with Crippen LogP contribution in [0.5, 0.6) is 11.5 Å². The molecule has 0 spiro atoms. The number of carbonyl (C=O) groups is 1. The predicted molar refractivity (Wildman–Crippen MR) is 105 cm³/mol. The minimum atomic E-state index is 0.158. The van der Waals surface area contributed by atoms with Crippen molar-refractivity contribution in [1.29, 1.82) is 0 Å². The maximum atomic E-state index is 12.8. The highest BCUT2D eigenvalue weighted by Gasteiger charge is 2.24. The van der Waals surface area contributed by atoms with Crippen molar-refractivity contribution in [1.82, 2.24) is 9.80 Å². The molecule has 0 unspecified atom stereocenters. The summed E-state index contributed by atoms with van der Waals surface area (Å²) in [4.78, 5) is 19.4. The normalized spacial score (nSPS) is 15.2. The van der Waals surface area contributed by atoms with E-state index in [-0.39, 0.29) is 5.91 Å². The molecule has 0 atom stereocenters. The van der Waals surface area contributed by atoms with Gasteiger partial charge in [-0.3, -0.25) is 9.69 Å². The number of hydrogen-bond acceptors (Lipinski definition) is 5. The van der Waals surface area contributed by atoms with Crippen LogP contribution >= 0.6 is 11.3 Å². The number of rotatable bonds is 5. The summed E-state index contributed by atoms with van der Waals surface area (Å²) in [5.41, 5.74) is 1.96. The van der Waals surface area contributed by atoms with Crippen molar-refractivity contribution in [3.63, 3.8) is 0 Å². The van der Waals surface area contributed by atoms with Crippen LogP contribution in [0.25, 0.3) is 0 Å². The number of nitrogens with zero attached hydrogens (tertiary/aromatic N) is 2. The van der Waals surface area contributed by atoms with Gasteiger partial charge in [0, 0.05) is 48.0 Å². The Kier molecular flexibility index (Phi) is 5.84. The summed E-state index contributed by atoms with van der Waals surface area (Å²) >= 11 is 1.69. The Labute approximate surface area is 159 Å². The van der Waals surface area contributed by atoms with Gasteiger partial charge in [0.25, 0.3) is 5.91 Å². The summed E-state index contributed by atoms with van der Waals surface area (Å²) in [7, 11) is 3.36. The first kappa shape index (κ1) is 18.7. The summed E-state index contributed by atoms with van der Waals surface area (Å²) in [6.45, 7) is 8.07. The number of carbonyl (C=O) groups excluding carboxylic acids is 1. The molecule has 0 radical (unpaired) electrons. The molecule has 1 aromatic carbocycles. The molecule has 3 rings (SSSR count). The summed E-state index contributed by atoms with van der Waals surface area (Å²) in [6, 6.07) is 7.88. The molecule has 1 aliphatic rings. The van der Waals surface area contributed by atoms with E-state index >= 15 is 0 Å². The van der Waals surface area contributed by atoms with Crippen LogP contribution in [-0.4, -0.2) is 56.1 Å². The van der Waals surface area contributed by atoms with Crippen molar-refractivity contribution < 1.29 is 14.3 Å². The summed E-state index contributed by atoms with van der Waals surface area (Å²) in [5, 5.41) is 0. The number of ether oxygens (including phenoxy) is 2. The van der Waals surface area contributed by atoms with Crippen LogP contribution in [0, 0.1) is 13.8 Å². The van der Waals surface area contributed by atoms with Gasteiger partial charge < -0.3 is 14.4 Å². The van der Waals surface area contributed by atoms with Gasteiger partial charge in [0.15, 0.2) is 0 Å². The number of thiophene rings is 1. The monoisotopic (exact) mass is 374 g/mol.